The summed E-state index contributed by atoms with van der Waals surface area (Å²) >= 11 is 3.31. The van der Waals surface area contributed by atoms with Gasteiger partial charge in [-0.05, 0) is 34.3 Å². The molecule has 0 aliphatic rings. The highest BCUT2D eigenvalue weighted by Crippen LogP contribution is 2.12. The number of nitrogens with zero attached hydrogens (tertiary/aromatic N) is 2. The van der Waals surface area contributed by atoms with Crippen LogP contribution in [0, 0.1) is 0 Å². The fraction of sp³-hybridized carbons (Fsp3) is 0.125. The fourth-order valence-electron chi connectivity index (χ4n) is 0.670. The summed E-state index contributed by atoms with van der Waals surface area (Å²) in [6.45, 7) is 3.63. The van der Waals surface area contributed by atoms with Crippen LogP contribution in [0.5, 0.6) is 0 Å². The van der Waals surface area contributed by atoms with E-state index in [1.54, 1.807) is 12.4 Å². The first-order chi connectivity index (χ1) is 5.24. The van der Waals surface area contributed by atoms with Gasteiger partial charge in [0.2, 0.25) is 0 Å². The number of halogens is 1. The van der Waals surface area contributed by atoms with E-state index in [4.69, 9.17) is 0 Å². The molecule has 1 heterocycles. The molecule has 0 saturated carbocycles. The zero-order chi connectivity index (χ0) is 8.27. The largest absolute Gasteiger partial charge is 0.337 e. The maximum atomic E-state index is 4.16. The molecule has 0 aliphatic carbocycles. The van der Waals surface area contributed by atoms with E-state index in [0.717, 1.165) is 10.3 Å². The molecule has 0 fully saturated rings. The van der Waals surface area contributed by atoms with Crippen molar-refractivity contribution in [1.82, 2.24) is 4.98 Å². The topological polar surface area (TPSA) is 16.1 Å². The van der Waals surface area contributed by atoms with E-state index in [1.807, 2.05) is 24.1 Å². The average Bonchev–Trinajstić information content (AvgIpc) is 2.05. The Hall–Kier alpha value is -0.830. The minimum absolute atomic E-state index is 0.892. The molecule has 1 aromatic rings. The van der Waals surface area contributed by atoms with Gasteiger partial charge < -0.3 is 4.90 Å². The Balaban J connectivity index is 2.89. The number of anilines is 1. The van der Waals surface area contributed by atoms with Crippen molar-refractivity contribution in [3.05, 3.63) is 35.6 Å². The lowest BCUT2D eigenvalue weighted by Crippen LogP contribution is -2.08. The Bertz CT molecular complexity index is 243. The number of aromatic nitrogens is 1. The molecule has 0 atom stereocenters. The van der Waals surface area contributed by atoms with Crippen LogP contribution in [0.4, 0.5) is 5.82 Å². The molecule has 0 radical (unpaired) electrons. The van der Waals surface area contributed by atoms with Crippen LogP contribution < -0.4 is 4.90 Å². The smallest absolute Gasteiger partial charge is 0.132 e. The molecule has 1 aromatic heterocycles. The summed E-state index contributed by atoms with van der Waals surface area (Å²) in [6, 6.07) is 3.87. The molecule has 2 nitrogen and oxygen atoms in total. The van der Waals surface area contributed by atoms with Crippen LogP contribution >= 0.6 is 15.9 Å². The Morgan fingerprint density at radius 2 is 2.36 bits per heavy atom. The van der Waals surface area contributed by atoms with E-state index in [1.165, 1.54) is 0 Å². The van der Waals surface area contributed by atoms with Gasteiger partial charge in [0.05, 0.1) is 0 Å². The van der Waals surface area contributed by atoms with Gasteiger partial charge in [-0.2, -0.15) is 0 Å². The molecule has 0 N–H and O–H groups in total. The lowest BCUT2D eigenvalue weighted by molar-refractivity contribution is 1.12. The molecule has 0 bridgehead atoms. The predicted octanol–water partition coefficient (Wildman–Crippen LogP) is 2.42. The van der Waals surface area contributed by atoms with Crippen LogP contribution in [0.1, 0.15) is 0 Å². The Kier molecular flexibility index (Phi) is 2.65. The highest BCUT2D eigenvalue weighted by atomic mass is 79.9. The standard InChI is InChI=1S/C8H9BrN2/c1-3-11(2)8-5-4-7(9)6-10-8/h3-6H,1H2,2H3. The predicted molar refractivity (Wildman–Crippen MR) is 50.5 cm³/mol. The molecule has 0 aromatic carbocycles. The van der Waals surface area contributed by atoms with Crippen LogP contribution in [0.3, 0.4) is 0 Å². The Morgan fingerprint density at radius 1 is 1.64 bits per heavy atom. The van der Waals surface area contributed by atoms with Crippen molar-refractivity contribution < 1.29 is 0 Å². The average molecular weight is 213 g/mol. The zero-order valence-corrected chi connectivity index (χ0v) is 7.87. The van der Waals surface area contributed by atoms with Crippen LogP contribution in [0.2, 0.25) is 0 Å². The second kappa shape index (κ2) is 3.53. The van der Waals surface area contributed by atoms with Gasteiger partial charge in [0.1, 0.15) is 5.82 Å². The normalized spacial score (nSPS) is 9.27. The van der Waals surface area contributed by atoms with Crippen molar-refractivity contribution in [2.24, 2.45) is 0 Å². The third kappa shape index (κ3) is 2.05. The van der Waals surface area contributed by atoms with Crippen molar-refractivity contribution in [3.63, 3.8) is 0 Å². The first kappa shape index (κ1) is 8.27. The molecular weight excluding hydrogens is 204 g/mol. The van der Waals surface area contributed by atoms with Gasteiger partial charge in [-0.3, -0.25) is 0 Å². The summed E-state index contributed by atoms with van der Waals surface area (Å²) in [6.07, 6.45) is 3.48. The number of pyridine rings is 1. The van der Waals surface area contributed by atoms with Crippen molar-refractivity contribution >= 4 is 21.7 Å². The van der Waals surface area contributed by atoms with E-state index in [-0.39, 0.29) is 0 Å². The quantitative estimate of drug-likeness (QED) is 0.749. The number of hydrogen-bond acceptors (Lipinski definition) is 2. The van der Waals surface area contributed by atoms with E-state index >= 15 is 0 Å². The lowest BCUT2D eigenvalue weighted by Gasteiger charge is -2.10. The molecule has 58 valence electrons. The highest BCUT2D eigenvalue weighted by Gasteiger charge is 1.95. The lowest BCUT2D eigenvalue weighted by atomic mass is 10.4. The third-order valence-electron chi connectivity index (χ3n) is 1.35. The first-order valence-corrected chi connectivity index (χ1v) is 4.00. The summed E-state index contributed by atoms with van der Waals surface area (Å²) in [5.74, 6) is 0.892. The molecule has 3 heteroatoms. The minimum Gasteiger partial charge on any atom is -0.337 e. The zero-order valence-electron chi connectivity index (χ0n) is 6.29. The number of rotatable bonds is 2. The molecule has 0 saturated heterocycles. The molecule has 0 aliphatic heterocycles. The maximum Gasteiger partial charge on any atom is 0.132 e. The van der Waals surface area contributed by atoms with Gasteiger partial charge >= 0.3 is 0 Å². The monoisotopic (exact) mass is 212 g/mol. The molecule has 1 rings (SSSR count). The third-order valence-corrected chi connectivity index (χ3v) is 1.82. The molecule has 0 unspecified atom stereocenters. The number of hydrogen-bond donors (Lipinski definition) is 0. The highest BCUT2D eigenvalue weighted by molar-refractivity contribution is 9.10. The van der Waals surface area contributed by atoms with Crippen molar-refractivity contribution in [1.29, 1.82) is 0 Å². The van der Waals surface area contributed by atoms with Gasteiger partial charge in [-0.25, -0.2) is 4.98 Å². The van der Waals surface area contributed by atoms with Crippen molar-refractivity contribution in [2.45, 2.75) is 0 Å². The van der Waals surface area contributed by atoms with Crippen LogP contribution in [-0.2, 0) is 0 Å². The second-order valence-corrected chi connectivity index (χ2v) is 3.04. The summed E-state index contributed by atoms with van der Waals surface area (Å²) in [7, 11) is 1.91. The summed E-state index contributed by atoms with van der Waals surface area (Å²) in [5.41, 5.74) is 0. The maximum absolute atomic E-state index is 4.16. The van der Waals surface area contributed by atoms with Gasteiger partial charge in [-0.15, -0.1) is 0 Å². The molecule has 0 spiro atoms. The van der Waals surface area contributed by atoms with Crippen molar-refractivity contribution in [3.8, 4) is 0 Å². The molecule has 0 amide bonds. The van der Waals surface area contributed by atoms with Gasteiger partial charge in [0.15, 0.2) is 0 Å². The minimum atomic E-state index is 0.892. The van der Waals surface area contributed by atoms with E-state index in [0.29, 0.717) is 0 Å². The van der Waals surface area contributed by atoms with Crippen molar-refractivity contribution in [2.75, 3.05) is 11.9 Å². The van der Waals surface area contributed by atoms with Crippen LogP contribution in [0.15, 0.2) is 35.6 Å². The van der Waals surface area contributed by atoms with Crippen LogP contribution in [0.25, 0.3) is 0 Å². The second-order valence-electron chi connectivity index (χ2n) is 2.13. The van der Waals surface area contributed by atoms with Crippen LogP contribution in [-0.4, -0.2) is 12.0 Å². The SMILES string of the molecule is C=CN(C)c1ccc(Br)cn1. The summed E-state index contributed by atoms with van der Waals surface area (Å²) in [5, 5.41) is 0. The summed E-state index contributed by atoms with van der Waals surface area (Å²) < 4.78 is 0.985. The van der Waals surface area contributed by atoms with E-state index in [9.17, 15) is 0 Å². The van der Waals surface area contributed by atoms with E-state index in [2.05, 4.69) is 27.5 Å². The first-order valence-electron chi connectivity index (χ1n) is 3.21. The Labute approximate surface area is 74.7 Å². The van der Waals surface area contributed by atoms with Gasteiger partial charge in [0, 0.05) is 17.7 Å². The van der Waals surface area contributed by atoms with Gasteiger partial charge in [0.25, 0.3) is 0 Å². The summed E-state index contributed by atoms with van der Waals surface area (Å²) in [4.78, 5) is 6.01. The van der Waals surface area contributed by atoms with Gasteiger partial charge in [-0.1, -0.05) is 6.58 Å². The molecular formula is C8H9BrN2. The molecule has 11 heavy (non-hydrogen) atoms. The fourth-order valence-corrected chi connectivity index (χ4v) is 0.905. The van der Waals surface area contributed by atoms with E-state index < -0.39 is 0 Å². The Morgan fingerprint density at radius 3 is 2.82 bits per heavy atom.